The van der Waals surface area contributed by atoms with E-state index >= 15 is 0 Å². The molecular weight excluding hydrogens is 134 g/mol. The standard InChI is InChI=1S/C6H9NO3/c8-5-4-10-6(9)2-1-3-7-5/h1-4H2,(H,7,8). The summed E-state index contributed by atoms with van der Waals surface area (Å²) < 4.78 is 4.54. The lowest BCUT2D eigenvalue weighted by Gasteiger charge is -2.09. The SMILES string of the molecule is O=C1COC(=O)CCCN1. The van der Waals surface area contributed by atoms with Crippen LogP contribution in [0.4, 0.5) is 0 Å². The number of hydrogen-bond acceptors (Lipinski definition) is 3. The lowest BCUT2D eigenvalue weighted by molar-refractivity contribution is -0.149. The maximum absolute atomic E-state index is 10.6. The van der Waals surface area contributed by atoms with Gasteiger partial charge in [0.1, 0.15) is 0 Å². The average Bonchev–Trinajstić information content (AvgIpc) is 1.90. The molecule has 0 bridgehead atoms. The highest BCUT2D eigenvalue weighted by atomic mass is 16.5. The Balaban J connectivity index is 2.36. The van der Waals surface area contributed by atoms with Gasteiger partial charge in [-0.2, -0.15) is 0 Å². The van der Waals surface area contributed by atoms with Crippen LogP contribution in [0, 0.1) is 0 Å². The molecule has 1 aliphatic heterocycles. The molecule has 0 radical (unpaired) electrons. The summed E-state index contributed by atoms with van der Waals surface area (Å²) in [6.07, 6.45) is 1.07. The van der Waals surface area contributed by atoms with Gasteiger partial charge in [-0.25, -0.2) is 0 Å². The Morgan fingerprint density at radius 3 is 3.00 bits per heavy atom. The van der Waals surface area contributed by atoms with Gasteiger partial charge in [0, 0.05) is 13.0 Å². The zero-order valence-electron chi connectivity index (χ0n) is 5.55. The summed E-state index contributed by atoms with van der Waals surface area (Å²) in [7, 11) is 0. The van der Waals surface area contributed by atoms with Crippen molar-refractivity contribution in [1.29, 1.82) is 0 Å². The van der Waals surface area contributed by atoms with Crippen LogP contribution < -0.4 is 5.32 Å². The van der Waals surface area contributed by atoms with Crippen molar-refractivity contribution in [3.8, 4) is 0 Å². The largest absolute Gasteiger partial charge is 0.456 e. The lowest BCUT2D eigenvalue weighted by Crippen LogP contribution is -2.32. The molecule has 0 aliphatic carbocycles. The topological polar surface area (TPSA) is 55.4 Å². The molecule has 4 heteroatoms. The summed E-state index contributed by atoms with van der Waals surface area (Å²) in [6, 6.07) is 0. The molecule has 1 heterocycles. The van der Waals surface area contributed by atoms with Crippen molar-refractivity contribution in [3.05, 3.63) is 0 Å². The number of amides is 1. The van der Waals surface area contributed by atoms with Gasteiger partial charge >= 0.3 is 5.97 Å². The smallest absolute Gasteiger partial charge is 0.306 e. The van der Waals surface area contributed by atoms with Crippen LogP contribution in [0.3, 0.4) is 0 Å². The van der Waals surface area contributed by atoms with Gasteiger partial charge in [-0.05, 0) is 6.42 Å². The summed E-state index contributed by atoms with van der Waals surface area (Å²) in [6.45, 7) is 0.451. The summed E-state index contributed by atoms with van der Waals surface area (Å²) in [4.78, 5) is 21.2. The maximum atomic E-state index is 10.6. The van der Waals surface area contributed by atoms with E-state index in [2.05, 4.69) is 10.1 Å². The second-order valence-corrected chi connectivity index (χ2v) is 2.11. The summed E-state index contributed by atoms with van der Waals surface area (Å²) in [5, 5.41) is 2.59. The van der Waals surface area contributed by atoms with Gasteiger partial charge < -0.3 is 10.1 Å². The first-order valence-corrected chi connectivity index (χ1v) is 3.21. The zero-order valence-corrected chi connectivity index (χ0v) is 5.55. The molecule has 1 rings (SSSR count). The molecule has 1 fully saturated rings. The molecule has 4 nitrogen and oxygen atoms in total. The molecule has 1 N–H and O–H groups in total. The fourth-order valence-corrected chi connectivity index (χ4v) is 0.730. The van der Waals surface area contributed by atoms with Crippen molar-refractivity contribution in [2.24, 2.45) is 0 Å². The van der Waals surface area contributed by atoms with E-state index in [1.807, 2.05) is 0 Å². The maximum Gasteiger partial charge on any atom is 0.306 e. The van der Waals surface area contributed by atoms with E-state index in [1.54, 1.807) is 0 Å². The van der Waals surface area contributed by atoms with Crippen LogP contribution in [0.2, 0.25) is 0 Å². The fraction of sp³-hybridized carbons (Fsp3) is 0.667. The lowest BCUT2D eigenvalue weighted by atomic mass is 10.3. The highest BCUT2D eigenvalue weighted by molar-refractivity contribution is 5.81. The second-order valence-electron chi connectivity index (χ2n) is 2.11. The molecule has 0 saturated carbocycles. The molecule has 0 spiro atoms. The monoisotopic (exact) mass is 143 g/mol. The molecule has 1 aliphatic rings. The molecule has 1 saturated heterocycles. The molecule has 0 aromatic heterocycles. The Bertz CT molecular complexity index is 137. The Hall–Kier alpha value is -1.06. The Kier molecular flexibility index (Phi) is 2.25. The normalized spacial score (nSPS) is 20.4. The van der Waals surface area contributed by atoms with Crippen molar-refractivity contribution in [3.63, 3.8) is 0 Å². The van der Waals surface area contributed by atoms with Crippen LogP contribution >= 0.6 is 0 Å². The molecule has 0 aromatic carbocycles. The number of rotatable bonds is 0. The molecule has 0 aromatic rings. The summed E-state index contributed by atoms with van der Waals surface area (Å²) in [5.74, 6) is -0.497. The van der Waals surface area contributed by atoms with E-state index in [-0.39, 0.29) is 18.5 Å². The van der Waals surface area contributed by atoms with Crippen LogP contribution in [-0.4, -0.2) is 25.0 Å². The molecule has 0 atom stereocenters. The van der Waals surface area contributed by atoms with Crippen LogP contribution in [0.15, 0.2) is 0 Å². The van der Waals surface area contributed by atoms with Crippen molar-refractivity contribution < 1.29 is 14.3 Å². The number of ether oxygens (including phenoxy) is 1. The minimum absolute atomic E-state index is 0.126. The van der Waals surface area contributed by atoms with E-state index in [0.29, 0.717) is 19.4 Å². The minimum Gasteiger partial charge on any atom is -0.456 e. The van der Waals surface area contributed by atoms with Crippen molar-refractivity contribution >= 4 is 11.9 Å². The van der Waals surface area contributed by atoms with Gasteiger partial charge in [0.2, 0.25) is 0 Å². The first-order valence-electron chi connectivity index (χ1n) is 3.21. The van der Waals surface area contributed by atoms with Gasteiger partial charge in [0.15, 0.2) is 6.61 Å². The number of hydrogen-bond donors (Lipinski definition) is 1. The van der Waals surface area contributed by atoms with Gasteiger partial charge in [-0.15, -0.1) is 0 Å². The molecule has 10 heavy (non-hydrogen) atoms. The summed E-state index contributed by atoms with van der Waals surface area (Å²) in [5.41, 5.74) is 0. The van der Waals surface area contributed by atoms with Crippen molar-refractivity contribution in [2.45, 2.75) is 12.8 Å². The summed E-state index contributed by atoms with van der Waals surface area (Å²) >= 11 is 0. The Morgan fingerprint density at radius 2 is 2.20 bits per heavy atom. The van der Waals surface area contributed by atoms with Gasteiger partial charge in [-0.1, -0.05) is 0 Å². The third-order valence-electron chi connectivity index (χ3n) is 1.24. The van der Waals surface area contributed by atoms with Crippen molar-refractivity contribution in [1.82, 2.24) is 5.32 Å². The third kappa shape index (κ3) is 2.05. The number of cyclic esters (lactones) is 1. The van der Waals surface area contributed by atoms with Gasteiger partial charge in [0.05, 0.1) is 0 Å². The van der Waals surface area contributed by atoms with Gasteiger partial charge in [0.25, 0.3) is 5.91 Å². The number of esters is 1. The van der Waals surface area contributed by atoms with Crippen LogP contribution in [0.25, 0.3) is 0 Å². The number of carbonyl (C=O) groups excluding carboxylic acids is 2. The van der Waals surface area contributed by atoms with Crippen LogP contribution in [-0.2, 0) is 14.3 Å². The highest BCUT2D eigenvalue weighted by Gasteiger charge is 2.10. The number of nitrogens with one attached hydrogen (secondary N) is 1. The zero-order chi connectivity index (χ0) is 7.40. The minimum atomic E-state index is -0.283. The first-order chi connectivity index (χ1) is 4.79. The van der Waals surface area contributed by atoms with E-state index < -0.39 is 0 Å². The average molecular weight is 143 g/mol. The first kappa shape index (κ1) is 7.05. The van der Waals surface area contributed by atoms with E-state index in [4.69, 9.17) is 0 Å². The van der Waals surface area contributed by atoms with E-state index in [1.165, 1.54) is 0 Å². The fourth-order valence-electron chi connectivity index (χ4n) is 0.730. The van der Waals surface area contributed by atoms with Gasteiger partial charge in [-0.3, -0.25) is 9.59 Å². The molecular formula is C6H9NO3. The predicted octanol–water partition coefficient (Wildman–Crippen LogP) is -0.560. The number of carbonyl (C=O) groups is 2. The molecule has 0 unspecified atom stereocenters. The molecule has 56 valence electrons. The van der Waals surface area contributed by atoms with E-state index in [0.717, 1.165) is 0 Å². The van der Waals surface area contributed by atoms with Crippen LogP contribution in [0.1, 0.15) is 12.8 Å². The third-order valence-corrected chi connectivity index (χ3v) is 1.24. The molecule has 1 amide bonds. The van der Waals surface area contributed by atoms with Crippen molar-refractivity contribution in [2.75, 3.05) is 13.2 Å². The quantitative estimate of drug-likeness (QED) is 0.462. The van der Waals surface area contributed by atoms with Crippen LogP contribution in [0.5, 0.6) is 0 Å². The highest BCUT2D eigenvalue weighted by Crippen LogP contribution is 1.94. The Labute approximate surface area is 58.5 Å². The van der Waals surface area contributed by atoms with E-state index in [9.17, 15) is 9.59 Å². The second kappa shape index (κ2) is 3.20. The Morgan fingerprint density at radius 1 is 1.40 bits per heavy atom. The predicted molar refractivity (Wildman–Crippen MR) is 33.2 cm³/mol.